The number of fused-ring (bicyclic) bond motifs is 4. The first-order valence-corrected chi connectivity index (χ1v) is 17.8. The molecule has 2 amide bonds. The van der Waals surface area contributed by atoms with Gasteiger partial charge in [0.05, 0.1) is 16.6 Å². The van der Waals surface area contributed by atoms with Gasteiger partial charge in [0.15, 0.2) is 0 Å². The lowest BCUT2D eigenvalue weighted by Gasteiger charge is -2.37. The van der Waals surface area contributed by atoms with Crippen LogP contribution in [-0.4, -0.2) is 60.3 Å². The predicted octanol–water partition coefficient (Wildman–Crippen LogP) is 6.29. The van der Waals surface area contributed by atoms with Gasteiger partial charge in [0.25, 0.3) is 15.9 Å². The maximum absolute atomic E-state index is 14.3. The minimum absolute atomic E-state index is 0.0249. The molecule has 252 valence electrons. The van der Waals surface area contributed by atoms with E-state index in [9.17, 15) is 18.0 Å². The second-order valence-corrected chi connectivity index (χ2v) is 16.7. The summed E-state index contributed by atoms with van der Waals surface area (Å²) in [6.07, 6.45) is 4.41. The third kappa shape index (κ3) is 8.49. The number of nitrogens with one attached hydrogen (secondary N) is 2. The van der Waals surface area contributed by atoms with E-state index in [2.05, 4.69) is 54.6 Å². The maximum atomic E-state index is 14.3. The molecule has 1 aromatic heterocycles. The molecule has 10 nitrogen and oxygen atoms in total. The van der Waals surface area contributed by atoms with Crippen molar-refractivity contribution < 1.29 is 22.7 Å². The number of ether oxygens (including phenoxy) is 1. The van der Waals surface area contributed by atoms with Gasteiger partial charge in [-0.15, -0.1) is 0 Å². The summed E-state index contributed by atoms with van der Waals surface area (Å²) in [7, 11) is -4.20. The second kappa shape index (κ2) is 13.3. The first kappa shape index (κ1) is 34.3. The number of anilines is 1. The van der Waals surface area contributed by atoms with Gasteiger partial charge in [0.2, 0.25) is 17.7 Å². The summed E-state index contributed by atoms with van der Waals surface area (Å²) in [5.74, 6) is -0.694. The zero-order chi connectivity index (χ0) is 34.1. The van der Waals surface area contributed by atoms with E-state index in [1.165, 1.54) is 23.1 Å². The van der Waals surface area contributed by atoms with E-state index in [1.807, 2.05) is 32.0 Å². The number of nitrogens with zero attached hydrogens (tertiary/aromatic N) is 3. The van der Waals surface area contributed by atoms with Crippen LogP contribution in [-0.2, 0) is 14.8 Å². The monoisotopic (exact) mass is 661 g/mol. The Morgan fingerprint density at radius 2 is 1.79 bits per heavy atom. The highest BCUT2D eigenvalue weighted by molar-refractivity contribution is 7.92. The van der Waals surface area contributed by atoms with Gasteiger partial charge < -0.3 is 15.0 Å². The van der Waals surface area contributed by atoms with Crippen molar-refractivity contribution in [3.05, 3.63) is 65.2 Å². The number of aromatic nitrogens is 2. The summed E-state index contributed by atoms with van der Waals surface area (Å²) in [5.41, 5.74) is 3.32. The number of aryl methyl sites for hydroxylation is 2. The molecule has 2 aromatic carbocycles. The molecule has 47 heavy (non-hydrogen) atoms. The largest absolute Gasteiger partial charge is 0.475 e. The minimum atomic E-state index is -4.20. The zero-order valence-electron chi connectivity index (χ0n) is 28.5. The number of amides is 2. The van der Waals surface area contributed by atoms with Crippen molar-refractivity contribution >= 4 is 27.8 Å². The van der Waals surface area contributed by atoms with E-state index in [-0.39, 0.29) is 58.2 Å². The quantitative estimate of drug-likeness (QED) is 0.329. The van der Waals surface area contributed by atoms with Crippen molar-refractivity contribution in [2.24, 2.45) is 10.8 Å². The van der Waals surface area contributed by atoms with Crippen molar-refractivity contribution in [1.82, 2.24) is 20.2 Å². The Hall–Kier alpha value is -3.99. The highest BCUT2D eigenvalue weighted by atomic mass is 32.2. The lowest BCUT2D eigenvalue weighted by atomic mass is 9.75. The van der Waals surface area contributed by atoms with Crippen LogP contribution in [0.3, 0.4) is 0 Å². The molecule has 4 bridgehead atoms. The SMILES string of the molecule is Cc1cccc(C)c1-c1cc2nc(n1)NS(=O)(=O)c1cccc(c1)C(=O)N(CC(=O)NC1CCCC(C)(C)C1)[C@H](CC(C)(C)C)CO2. The average Bonchev–Trinajstić information content (AvgIpc) is 2.96. The van der Waals surface area contributed by atoms with Crippen LogP contribution in [0.1, 0.15) is 88.2 Å². The number of benzene rings is 2. The molecular formula is C36H47N5O5S. The molecule has 1 aliphatic carbocycles. The molecule has 1 unspecified atom stereocenters. The van der Waals surface area contributed by atoms with Crippen molar-refractivity contribution in [3.8, 4) is 17.1 Å². The smallest absolute Gasteiger partial charge is 0.264 e. The van der Waals surface area contributed by atoms with Gasteiger partial charge in [-0.25, -0.2) is 18.1 Å². The topological polar surface area (TPSA) is 131 Å². The van der Waals surface area contributed by atoms with Gasteiger partial charge in [-0.1, -0.05) is 65.3 Å². The molecule has 0 saturated heterocycles. The van der Waals surface area contributed by atoms with Crippen LogP contribution in [0.4, 0.5) is 5.95 Å². The van der Waals surface area contributed by atoms with Gasteiger partial charge >= 0.3 is 0 Å². The van der Waals surface area contributed by atoms with Crippen molar-refractivity contribution in [2.45, 2.75) is 97.5 Å². The number of carbonyl (C=O) groups is 2. The molecule has 5 rings (SSSR count). The first-order valence-electron chi connectivity index (χ1n) is 16.3. The molecule has 0 spiro atoms. The van der Waals surface area contributed by atoms with Crippen LogP contribution >= 0.6 is 0 Å². The number of sulfonamides is 1. The van der Waals surface area contributed by atoms with E-state index in [4.69, 9.17) is 4.74 Å². The Labute approximate surface area is 278 Å². The highest BCUT2D eigenvalue weighted by Gasteiger charge is 2.34. The molecule has 2 atom stereocenters. The van der Waals surface area contributed by atoms with E-state index in [1.54, 1.807) is 12.1 Å². The molecule has 0 radical (unpaired) electrons. The normalized spacial score (nSPS) is 20.9. The van der Waals surface area contributed by atoms with E-state index < -0.39 is 22.0 Å². The molecular weight excluding hydrogens is 614 g/mol. The summed E-state index contributed by atoms with van der Waals surface area (Å²) in [4.78, 5) is 38.4. The number of hydrogen-bond donors (Lipinski definition) is 2. The Morgan fingerprint density at radius 1 is 1.09 bits per heavy atom. The Kier molecular flexibility index (Phi) is 9.69. The third-order valence-electron chi connectivity index (χ3n) is 8.91. The number of carbonyl (C=O) groups excluding carboxylic acids is 2. The van der Waals surface area contributed by atoms with E-state index in [0.29, 0.717) is 12.1 Å². The maximum Gasteiger partial charge on any atom is 0.264 e. The molecule has 2 aliphatic rings. The summed E-state index contributed by atoms with van der Waals surface area (Å²) in [6, 6.07) is 12.9. The highest BCUT2D eigenvalue weighted by Crippen LogP contribution is 2.35. The van der Waals surface area contributed by atoms with Crippen LogP contribution in [0, 0.1) is 24.7 Å². The molecule has 3 aromatic rings. The molecule has 2 heterocycles. The van der Waals surface area contributed by atoms with E-state index in [0.717, 1.165) is 42.4 Å². The standard InChI is InChI=1S/C36H47N5O5S/c1-23-11-8-12-24(2)32(23)29-18-31-39-34(38-29)40-47(44,45)28-15-9-13-25(17-28)33(43)41(27(22-46-31)20-35(3,4)5)21-30(42)37-26-14-10-16-36(6,7)19-26/h8-9,11-13,15,17-18,26-27H,10,14,16,19-22H2,1-7H3,(H,37,42)(H,38,39,40)/t26?,27-/m1/s1. The Morgan fingerprint density at radius 3 is 2.47 bits per heavy atom. The molecule has 2 N–H and O–H groups in total. The van der Waals surface area contributed by atoms with Crippen molar-refractivity contribution in [1.29, 1.82) is 0 Å². The lowest BCUT2D eigenvalue weighted by Crippen LogP contribution is -2.52. The van der Waals surface area contributed by atoms with Crippen molar-refractivity contribution in [3.63, 3.8) is 0 Å². The zero-order valence-corrected chi connectivity index (χ0v) is 29.3. The van der Waals surface area contributed by atoms with Gasteiger partial charge in [-0.05, 0) is 79.7 Å². The fourth-order valence-corrected chi connectivity index (χ4v) is 7.79. The average molecular weight is 662 g/mol. The van der Waals surface area contributed by atoms with Gasteiger partial charge in [-0.3, -0.25) is 9.59 Å². The number of hydrogen-bond acceptors (Lipinski definition) is 7. The van der Waals surface area contributed by atoms with Crippen molar-refractivity contribution in [2.75, 3.05) is 17.9 Å². The molecule has 11 heteroatoms. The van der Waals surface area contributed by atoms with E-state index >= 15 is 0 Å². The Bertz CT molecular complexity index is 1750. The fourth-order valence-electron chi connectivity index (χ4n) is 6.80. The summed E-state index contributed by atoms with van der Waals surface area (Å²) in [5, 5.41) is 3.18. The van der Waals surface area contributed by atoms with Crippen LogP contribution in [0.25, 0.3) is 11.3 Å². The van der Waals surface area contributed by atoms with Crippen LogP contribution in [0.2, 0.25) is 0 Å². The second-order valence-electron chi connectivity index (χ2n) is 15.0. The minimum Gasteiger partial charge on any atom is -0.475 e. The van der Waals surface area contributed by atoms with Crippen LogP contribution in [0.15, 0.2) is 53.4 Å². The summed E-state index contributed by atoms with van der Waals surface area (Å²) >= 11 is 0. The van der Waals surface area contributed by atoms with Gasteiger partial charge in [-0.2, -0.15) is 4.98 Å². The lowest BCUT2D eigenvalue weighted by molar-refractivity contribution is -0.123. The predicted molar refractivity (Wildman–Crippen MR) is 183 cm³/mol. The van der Waals surface area contributed by atoms with Crippen LogP contribution < -0.4 is 14.8 Å². The van der Waals surface area contributed by atoms with Gasteiger partial charge in [0.1, 0.15) is 13.2 Å². The number of rotatable bonds is 5. The Balaban J connectivity index is 1.58. The summed E-state index contributed by atoms with van der Waals surface area (Å²) in [6.45, 7) is 14.4. The third-order valence-corrected chi connectivity index (χ3v) is 10.2. The summed E-state index contributed by atoms with van der Waals surface area (Å²) < 4.78 is 36.1. The molecule has 1 saturated carbocycles. The van der Waals surface area contributed by atoms with Crippen LogP contribution in [0.5, 0.6) is 5.88 Å². The molecule has 1 fully saturated rings. The molecule has 1 aliphatic heterocycles. The van der Waals surface area contributed by atoms with Gasteiger partial charge in [0, 0.05) is 23.2 Å². The fraction of sp³-hybridized carbons (Fsp3) is 0.500. The first-order chi connectivity index (χ1) is 22.0.